The third-order valence-corrected chi connectivity index (χ3v) is 4.87. The molecule has 1 rings (SSSR count). The fourth-order valence-electron chi connectivity index (χ4n) is 3.50. The van der Waals surface area contributed by atoms with Crippen molar-refractivity contribution in [3.05, 3.63) is 0 Å². The van der Waals surface area contributed by atoms with Gasteiger partial charge in [-0.3, -0.25) is 0 Å². The highest BCUT2D eigenvalue weighted by atomic mass is 15.1. The summed E-state index contributed by atoms with van der Waals surface area (Å²) in [4.78, 5) is 2.74. The minimum atomic E-state index is 0.766. The lowest BCUT2D eigenvalue weighted by Gasteiger charge is -2.40. The van der Waals surface area contributed by atoms with Crippen LogP contribution in [0.25, 0.3) is 0 Å². The highest BCUT2D eigenvalue weighted by Crippen LogP contribution is 2.23. The summed E-state index contributed by atoms with van der Waals surface area (Å²) in [6, 6.07) is 0.766. The Morgan fingerprint density at radius 3 is 2.58 bits per heavy atom. The highest BCUT2D eigenvalue weighted by Gasteiger charge is 2.28. The largest absolute Gasteiger partial charge is 0.314 e. The van der Waals surface area contributed by atoms with E-state index in [1.807, 2.05) is 0 Å². The fraction of sp³-hybridized carbons (Fsp3) is 1.00. The maximum absolute atomic E-state index is 3.68. The molecule has 19 heavy (non-hydrogen) atoms. The molecule has 3 atom stereocenters. The molecule has 1 N–H and O–H groups in total. The van der Waals surface area contributed by atoms with E-state index in [1.165, 1.54) is 58.2 Å². The minimum Gasteiger partial charge on any atom is -0.314 e. The molecule has 2 nitrogen and oxygen atoms in total. The fourth-order valence-corrected chi connectivity index (χ4v) is 3.50. The van der Waals surface area contributed by atoms with Gasteiger partial charge in [0, 0.05) is 19.1 Å². The summed E-state index contributed by atoms with van der Waals surface area (Å²) in [5.74, 6) is 1.78. The van der Waals surface area contributed by atoms with Gasteiger partial charge < -0.3 is 10.2 Å². The molecule has 2 heteroatoms. The van der Waals surface area contributed by atoms with Gasteiger partial charge in [0.2, 0.25) is 0 Å². The minimum absolute atomic E-state index is 0.766. The monoisotopic (exact) mass is 268 g/mol. The average molecular weight is 268 g/mol. The van der Waals surface area contributed by atoms with Crippen molar-refractivity contribution in [2.75, 3.05) is 26.2 Å². The molecule has 114 valence electrons. The Morgan fingerprint density at radius 1 is 1.21 bits per heavy atom. The molecule has 0 aromatic rings. The molecule has 0 radical (unpaired) electrons. The lowest BCUT2D eigenvalue weighted by molar-refractivity contribution is 0.115. The van der Waals surface area contributed by atoms with Crippen molar-refractivity contribution in [3.63, 3.8) is 0 Å². The van der Waals surface area contributed by atoms with Gasteiger partial charge in [-0.25, -0.2) is 0 Å². The first kappa shape index (κ1) is 17.0. The Kier molecular flexibility index (Phi) is 8.72. The predicted molar refractivity (Wildman–Crippen MR) is 85.6 cm³/mol. The first-order valence-electron chi connectivity index (χ1n) is 8.70. The van der Waals surface area contributed by atoms with Crippen LogP contribution in [-0.2, 0) is 0 Å². The molecule has 1 saturated heterocycles. The van der Waals surface area contributed by atoms with Gasteiger partial charge in [-0.1, -0.05) is 53.4 Å². The molecule has 1 heterocycles. The van der Waals surface area contributed by atoms with Crippen molar-refractivity contribution in [1.82, 2.24) is 10.2 Å². The highest BCUT2D eigenvalue weighted by molar-refractivity contribution is 4.85. The van der Waals surface area contributed by atoms with E-state index in [-0.39, 0.29) is 0 Å². The van der Waals surface area contributed by atoms with Gasteiger partial charge in [0.25, 0.3) is 0 Å². The zero-order chi connectivity index (χ0) is 14.1. The van der Waals surface area contributed by atoms with Crippen LogP contribution in [0.2, 0.25) is 0 Å². The summed E-state index contributed by atoms with van der Waals surface area (Å²) in [6.07, 6.45) is 8.19. The number of likely N-dealkylation sites (tertiary alicyclic amines) is 1. The molecule has 0 aromatic carbocycles. The van der Waals surface area contributed by atoms with Gasteiger partial charge >= 0.3 is 0 Å². The zero-order valence-electron chi connectivity index (χ0n) is 13.8. The van der Waals surface area contributed by atoms with Crippen molar-refractivity contribution in [2.45, 2.75) is 72.3 Å². The van der Waals surface area contributed by atoms with E-state index < -0.39 is 0 Å². The summed E-state index contributed by atoms with van der Waals surface area (Å²) in [6.45, 7) is 14.3. The summed E-state index contributed by atoms with van der Waals surface area (Å²) >= 11 is 0. The van der Waals surface area contributed by atoms with Crippen LogP contribution in [-0.4, -0.2) is 37.1 Å². The Labute approximate surface area is 121 Å². The van der Waals surface area contributed by atoms with E-state index in [0.717, 1.165) is 24.4 Å². The van der Waals surface area contributed by atoms with Gasteiger partial charge in [0.1, 0.15) is 0 Å². The second kappa shape index (κ2) is 9.77. The van der Waals surface area contributed by atoms with Crippen molar-refractivity contribution in [2.24, 2.45) is 11.8 Å². The quantitative estimate of drug-likeness (QED) is 0.682. The molecule has 0 aromatic heterocycles. The molecule has 1 aliphatic heterocycles. The van der Waals surface area contributed by atoms with Gasteiger partial charge in [0.05, 0.1) is 0 Å². The third kappa shape index (κ3) is 5.83. The number of unbranched alkanes of at least 4 members (excludes halogenated alkanes) is 1. The van der Waals surface area contributed by atoms with Gasteiger partial charge in [0.15, 0.2) is 0 Å². The Morgan fingerprint density at radius 2 is 2.00 bits per heavy atom. The average Bonchev–Trinajstić information content (AvgIpc) is 2.45. The van der Waals surface area contributed by atoms with Crippen molar-refractivity contribution >= 4 is 0 Å². The van der Waals surface area contributed by atoms with Crippen LogP contribution in [0, 0.1) is 11.8 Å². The van der Waals surface area contributed by atoms with Crippen LogP contribution in [0.3, 0.4) is 0 Å². The smallest absolute Gasteiger partial charge is 0.0119 e. The van der Waals surface area contributed by atoms with E-state index >= 15 is 0 Å². The van der Waals surface area contributed by atoms with Gasteiger partial charge in [-0.15, -0.1) is 0 Å². The maximum Gasteiger partial charge on any atom is 0.0119 e. The number of nitrogens with zero attached hydrogens (tertiary/aromatic N) is 1. The van der Waals surface area contributed by atoms with Crippen LogP contribution >= 0.6 is 0 Å². The number of nitrogens with one attached hydrogen (secondary N) is 1. The van der Waals surface area contributed by atoms with Gasteiger partial charge in [-0.05, 0) is 37.8 Å². The van der Waals surface area contributed by atoms with Crippen molar-refractivity contribution < 1.29 is 0 Å². The lowest BCUT2D eigenvalue weighted by atomic mass is 9.88. The Bertz CT molecular complexity index is 215. The third-order valence-electron chi connectivity index (χ3n) is 4.87. The first-order valence-corrected chi connectivity index (χ1v) is 8.70. The summed E-state index contributed by atoms with van der Waals surface area (Å²) in [7, 11) is 0. The molecule has 0 bridgehead atoms. The standard InChI is InChI=1S/C17H36N2/c1-5-9-10-15(6-2)13-19-12-11-17(18-8-4)16(7-3)14-19/h15-18H,5-14H2,1-4H3. The van der Waals surface area contributed by atoms with Crippen molar-refractivity contribution in [1.29, 1.82) is 0 Å². The van der Waals surface area contributed by atoms with E-state index in [1.54, 1.807) is 0 Å². The molecule has 1 fully saturated rings. The SMILES string of the molecule is CCCCC(CC)CN1CCC(NCC)C(CC)C1. The number of hydrogen-bond acceptors (Lipinski definition) is 2. The topological polar surface area (TPSA) is 15.3 Å². The molecule has 0 saturated carbocycles. The second-order valence-corrected chi connectivity index (χ2v) is 6.30. The summed E-state index contributed by atoms with van der Waals surface area (Å²) in [5, 5.41) is 3.68. The summed E-state index contributed by atoms with van der Waals surface area (Å²) < 4.78 is 0. The van der Waals surface area contributed by atoms with Gasteiger partial charge in [-0.2, -0.15) is 0 Å². The molecule has 0 amide bonds. The van der Waals surface area contributed by atoms with Crippen molar-refractivity contribution in [3.8, 4) is 0 Å². The van der Waals surface area contributed by atoms with Crippen LogP contribution in [0.4, 0.5) is 0 Å². The molecular formula is C17H36N2. The second-order valence-electron chi connectivity index (χ2n) is 6.30. The maximum atomic E-state index is 3.68. The van der Waals surface area contributed by atoms with E-state index in [9.17, 15) is 0 Å². The van der Waals surface area contributed by atoms with E-state index in [4.69, 9.17) is 0 Å². The molecule has 0 spiro atoms. The number of rotatable bonds is 9. The number of hydrogen-bond donors (Lipinski definition) is 1. The summed E-state index contributed by atoms with van der Waals surface area (Å²) in [5.41, 5.74) is 0. The van der Waals surface area contributed by atoms with E-state index in [2.05, 4.69) is 37.9 Å². The normalized spacial score (nSPS) is 26.5. The molecule has 0 aliphatic carbocycles. The van der Waals surface area contributed by atoms with E-state index in [0.29, 0.717) is 0 Å². The number of piperidine rings is 1. The van der Waals surface area contributed by atoms with Crippen LogP contribution in [0.5, 0.6) is 0 Å². The lowest BCUT2D eigenvalue weighted by Crippen LogP contribution is -2.50. The van der Waals surface area contributed by atoms with Crippen LogP contribution < -0.4 is 5.32 Å². The van der Waals surface area contributed by atoms with Crippen LogP contribution in [0.15, 0.2) is 0 Å². The first-order chi connectivity index (χ1) is 9.24. The zero-order valence-corrected chi connectivity index (χ0v) is 13.8. The Hall–Kier alpha value is -0.0800. The molecular weight excluding hydrogens is 232 g/mol. The Balaban J connectivity index is 2.39. The molecule has 1 aliphatic rings. The molecule has 3 unspecified atom stereocenters. The predicted octanol–water partition coefficient (Wildman–Crippen LogP) is 3.91. The van der Waals surface area contributed by atoms with Crippen LogP contribution in [0.1, 0.15) is 66.2 Å².